The normalized spacial score (nSPS) is 11.0. The molecule has 1 aromatic carbocycles. The van der Waals surface area contributed by atoms with Crippen molar-refractivity contribution in [1.82, 2.24) is 0 Å². The highest BCUT2D eigenvalue weighted by Gasteiger charge is 2.06. The van der Waals surface area contributed by atoms with Crippen LogP contribution in [0.3, 0.4) is 0 Å². The van der Waals surface area contributed by atoms with Crippen LogP contribution in [0.25, 0.3) is 0 Å². The van der Waals surface area contributed by atoms with Gasteiger partial charge in [0.1, 0.15) is 0 Å². The van der Waals surface area contributed by atoms with E-state index in [2.05, 4.69) is 37.2 Å². The Morgan fingerprint density at radius 2 is 1.89 bits per heavy atom. The molecule has 1 aromatic heterocycles. The number of thiophene rings is 1. The molecule has 19 heavy (non-hydrogen) atoms. The number of rotatable bonds is 5. The van der Waals surface area contributed by atoms with E-state index in [0.29, 0.717) is 23.2 Å². The number of hydrogen-bond acceptors (Lipinski definition) is 3. The highest BCUT2D eigenvalue weighted by molar-refractivity contribution is 9.13. The second-order valence-electron chi connectivity index (χ2n) is 3.59. The van der Waals surface area contributed by atoms with Gasteiger partial charge in [0.15, 0.2) is 0 Å². The van der Waals surface area contributed by atoms with Crippen LogP contribution in [-0.4, -0.2) is 5.76 Å². The van der Waals surface area contributed by atoms with E-state index in [4.69, 9.17) is 0 Å². The van der Waals surface area contributed by atoms with Crippen molar-refractivity contribution in [3.8, 4) is 0 Å². The number of halogens is 4. The second-order valence-corrected chi connectivity index (χ2v) is 7.96. The lowest BCUT2D eigenvalue weighted by Gasteiger charge is -2.06. The molecule has 102 valence electrons. The van der Waals surface area contributed by atoms with Gasteiger partial charge in [0.2, 0.25) is 0 Å². The molecular formula is C12H9Br2F2NS2. The minimum absolute atomic E-state index is 0.555. The Balaban J connectivity index is 1.92. The molecule has 0 atom stereocenters. The van der Waals surface area contributed by atoms with E-state index >= 15 is 0 Å². The molecule has 7 heteroatoms. The minimum Gasteiger partial charge on any atom is -0.380 e. The van der Waals surface area contributed by atoms with Crippen LogP contribution in [0.5, 0.6) is 0 Å². The fourth-order valence-corrected chi connectivity index (χ4v) is 4.04. The lowest BCUT2D eigenvalue weighted by molar-refractivity contribution is 0.252. The molecule has 0 saturated carbocycles. The van der Waals surface area contributed by atoms with E-state index in [1.807, 2.05) is 18.2 Å². The molecular weight excluding hydrogens is 420 g/mol. The van der Waals surface area contributed by atoms with Crippen LogP contribution in [0.4, 0.5) is 14.5 Å². The Morgan fingerprint density at radius 1 is 1.21 bits per heavy atom. The van der Waals surface area contributed by atoms with Crippen LogP contribution in [0, 0.1) is 0 Å². The summed E-state index contributed by atoms with van der Waals surface area (Å²) in [7, 11) is 0. The molecule has 0 saturated heterocycles. The van der Waals surface area contributed by atoms with Crippen molar-refractivity contribution < 1.29 is 8.78 Å². The predicted molar refractivity (Wildman–Crippen MR) is 85.3 cm³/mol. The average molecular weight is 429 g/mol. The molecule has 1 heterocycles. The molecule has 2 aromatic rings. The van der Waals surface area contributed by atoms with Gasteiger partial charge < -0.3 is 5.32 Å². The average Bonchev–Trinajstić information content (AvgIpc) is 2.67. The zero-order valence-electron chi connectivity index (χ0n) is 9.50. The molecule has 0 unspecified atom stereocenters. The van der Waals surface area contributed by atoms with E-state index < -0.39 is 5.76 Å². The number of hydrogen-bond donors (Lipinski definition) is 1. The van der Waals surface area contributed by atoms with Crippen LogP contribution >= 0.6 is 55.0 Å². The Kier molecular flexibility index (Phi) is 5.68. The van der Waals surface area contributed by atoms with Gasteiger partial charge in [-0.05, 0) is 62.2 Å². The van der Waals surface area contributed by atoms with Crippen LogP contribution in [0.1, 0.15) is 4.88 Å². The zero-order chi connectivity index (χ0) is 13.8. The fraction of sp³-hybridized carbons (Fsp3) is 0.167. The monoisotopic (exact) mass is 427 g/mol. The first-order valence-electron chi connectivity index (χ1n) is 5.27. The molecule has 0 aliphatic carbocycles. The molecule has 1 N–H and O–H groups in total. The van der Waals surface area contributed by atoms with E-state index in [-0.39, 0.29) is 0 Å². The first kappa shape index (κ1) is 15.3. The summed E-state index contributed by atoms with van der Waals surface area (Å²) in [6.07, 6.45) is 0. The van der Waals surface area contributed by atoms with Gasteiger partial charge in [-0.15, -0.1) is 11.3 Å². The maximum Gasteiger partial charge on any atom is 0.288 e. The smallest absolute Gasteiger partial charge is 0.288 e. The van der Waals surface area contributed by atoms with Crippen molar-refractivity contribution in [1.29, 1.82) is 0 Å². The Bertz CT molecular complexity index is 524. The number of alkyl halides is 2. The van der Waals surface area contributed by atoms with Crippen LogP contribution in [0.15, 0.2) is 43.5 Å². The van der Waals surface area contributed by atoms with Crippen molar-refractivity contribution >= 4 is 60.6 Å². The molecule has 0 spiro atoms. The third kappa shape index (κ3) is 4.73. The summed E-state index contributed by atoms with van der Waals surface area (Å²) in [5, 5.41) is 3.25. The summed E-state index contributed by atoms with van der Waals surface area (Å²) >= 11 is 9.09. The fourth-order valence-electron chi connectivity index (χ4n) is 1.42. The molecule has 0 amide bonds. The Hall–Kier alpha value is -0.110. The number of thioether (sulfide) groups is 1. The first-order chi connectivity index (χ1) is 9.04. The van der Waals surface area contributed by atoms with Crippen molar-refractivity contribution in [3.63, 3.8) is 0 Å². The molecule has 0 bridgehead atoms. The Morgan fingerprint density at radius 3 is 2.42 bits per heavy atom. The second kappa shape index (κ2) is 7.06. The summed E-state index contributed by atoms with van der Waals surface area (Å²) in [6, 6.07) is 9.05. The molecule has 0 radical (unpaired) electrons. The zero-order valence-corrected chi connectivity index (χ0v) is 14.3. The molecule has 0 aliphatic heterocycles. The van der Waals surface area contributed by atoms with Crippen molar-refractivity contribution in [2.45, 2.75) is 17.2 Å². The van der Waals surface area contributed by atoms with Gasteiger partial charge in [-0.25, -0.2) is 0 Å². The van der Waals surface area contributed by atoms with Gasteiger partial charge in [0.05, 0.1) is 3.79 Å². The SMILES string of the molecule is FC(F)Sc1ccc(NCc2cc(Br)c(Br)s2)cc1. The molecule has 2 rings (SSSR count). The van der Waals surface area contributed by atoms with Crippen molar-refractivity contribution in [3.05, 3.63) is 43.5 Å². The minimum atomic E-state index is -2.38. The maximum absolute atomic E-state index is 12.2. The van der Waals surface area contributed by atoms with Gasteiger partial charge in [-0.1, -0.05) is 11.8 Å². The van der Waals surface area contributed by atoms with E-state index in [0.717, 1.165) is 13.9 Å². The summed E-state index contributed by atoms with van der Waals surface area (Å²) < 4.78 is 26.4. The standard InChI is InChI=1S/C12H9Br2F2NS2/c13-10-5-9(18-11(10)14)6-17-7-1-3-8(4-2-7)19-12(15)16/h1-5,12,17H,6H2. The molecule has 0 aliphatic rings. The van der Waals surface area contributed by atoms with Gasteiger partial charge in [-0.2, -0.15) is 8.78 Å². The number of anilines is 1. The van der Waals surface area contributed by atoms with Gasteiger partial charge >= 0.3 is 0 Å². The van der Waals surface area contributed by atoms with Crippen molar-refractivity contribution in [2.75, 3.05) is 5.32 Å². The Labute approximate surface area is 135 Å². The van der Waals surface area contributed by atoms with Gasteiger partial charge in [0, 0.05) is 26.5 Å². The summed E-state index contributed by atoms with van der Waals surface area (Å²) in [5.74, 6) is -2.38. The highest BCUT2D eigenvalue weighted by atomic mass is 79.9. The number of benzene rings is 1. The maximum atomic E-state index is 12.2. The summed E-state index contributed by atoms with van der Waals surface area (Å²) in [5.41, 5.74) is 0.916. The highest BCUT2D eigenvalue weighted by Crippen LogP contribution is 2.33. The third-order valence-corrected chi connectivity index (χ3v) is 6.22. The van der Waals surface area contributed by atoms with Gasteiger partial charge in [0.25, 0.3) is 5.76 Å². The quantitative estimate of drug-likeness (QED) is 0.569. The topological polar surface area (TPSA) is 12.0 Å². The lowest BCUT2D eigenvalue weighted by Crippen LogP contribution is -1.96. The largest absolute Gasteiger partial charge is 0.380 e. The van der Waals surface area contributed by atoms with Crippen molar-refractivity contribution in [2.24, 2.45) is 0 Å². The van der Waals surface area contributed by atoms with E-state index in [1.165, 1.54) is 4.88 Å². The lowest BCUT2D eigenvalue weighted by atomic mass is 10.3. The van der Waals surface area contributed by atoms with Crippen LogP contribution < -0.4 is 5.32 Å². The van der Waals surface area contributed by atoms with E-state index in [1.54, 1.807) is 23.5 Å². The molecule has 1 nitrogen and oxygen atoms in total. The summed E-state index contributed by atoms with van der Waals surface area (Å²) in [6.45, 7) is 0.705. The predicted octanol–water partition coefficient (Wildman–Crippen LogP) is 6.20. The number of nitrogens with one attached hydrogen (secondary N) is 1. The van der Waals surface area contributed by atoms with Crippen LogP contribution in [0.2, 0.25) is 0 Å². The van der Waals surface area contributed by atoms with E-state index in [9.17, 15) is 8.78 Å². The van der Waals surface area contributed by atoms with Gasteiger partial charge in [-0.3, -0.25) is 0 Å². The molecule has 0 fully saturated rings. The third-order valence-electron chi connectivity index (χ3n) is 2.24. The first-order valence-corrected chi connectivity index (χ1v) is 8.55. The summed E-state index contributed by atoms with van der Waals surface area (Å²) in [4.78, 5) is 1.76. The van der Waals surface area contributed by atoms with Crippen LogP contribution in [-0.2, 0) is 6.54 Å².